The van der Waals surface area contributed by atoms with E-state index in [2.05, 4.69) is 10.6 Å². The number of furan rings is 1. The summed E-state index contributed by atoms with van der Waals surface area (Å²) in [5.41, 5.74) is 0.776. The number of nitrogens with zero attached hydrogens (tertiary/aromatic N) is 1. The molecule has 0 saturated carbocycles. The van der Waals surface area contributed by atoms with Gasteiger partial charge in [0.05, 0.1) is 18.4 Å². The van der Waals surface area contributed by atoms with Gasteiger partial charge < -0.3 is 29.3 Å². The molecule has 164 valence electrons. The fourth-order valence-corrected chi connectivity index (χ4v) is 3.70. The molecule has 0 saturated heterocycles. The number of urea groups is 1. The van der Waals surface area contributed by atoms with Crippen molar-refractivity contribution in [1.82, 2.24) is 15.5 Å². The zero-order chi connectivity index (χ0) is 21.8. The molecule has 0 radical (unpaired) electrons. The highest BCUT2D eigenvalue weighted by Crippen LogP contribution is 2.31. The molecule has 9 nitrogen and oxygen atoms in total. The predicted molar refractivity (Wildman–Crippen MR) is 111 cm³/mol. The van der Waals surface area contributed by atoms with Gasteiger partial charge in [0.2, 0.25) is 0 Å². The second-order valence-electron chi connectivity index (χ2n) is 7.35. The van der Waals surface area contributed by atoms with E-state index < -0.39 is 18.0 Å². The number of nitrogens with one attached hydrogen (secondary N) is 2. The van der Waals surface area contributed by atoms with Crippen molar-refractivity contribution in [1.29, 1.82) is 0 Å². The van der Waals surface area contributed by atoms with Crippen molar-refractivity contribution in [3.63, 3.8) is 0 Å². The van der Waals surface area contributed by atoms with Crippen LogP contribution in [0.1, 0.15) is 18.7 Å². The number of likely N-dealkylation sites (N-methyl/N-ethyl adjacent to an activating group) is 1. The van der Waals surface area contributed by atoms with Crippen molar-refractivity contribution >= 4 is 12.0 Å². The summed E-state index contributed by atoms with van der Waals surface area (Å²) in [5, 5.41) is 5.49. The second kappa shape index (κ2) is 9.13. The van der Waals surface area contributed by atoms with E-state index in [1.807, 2.05) is 36.2 Å². The first kappa shape index (κ1) is 20.8. The van der Waals surface area contributed by atoms with Crippen molar-refractivity contribution in [3.05, 3.63) is 59.7 Å². The minimum atomic E-state index is -0.729. The zero-order valence-electron chi connectivity index (χ0n) is 17.4. The summed E-state index contributed by atoms with van der Waals surface area (Å²) >= 11 is 0. The number of ether oxygens (including phenoxy) is 3. The Labute approximate surface area is 179 Å². The van der Waals surface area contributed by atoms with Gasteiger partial charge in [0, 0.05) is 18.8 Å². The molecule has 2 aliphatic heterocycles. The van der Waals surface area contributed by atoms with Crippen LogP contribution in [-0.2, 0) is 9.53 Å². The molecule has 2 aromatic rings. The number of rotatable bonds is 7. The topological polar surface area (TPSA) is 102 Å². The third kappa shape index (κ3) is 4.66. The third-order valence-electron chi connectivity index (χ3n) is 4.99. The molecule has 0 spiro atoms. The quantitative estimate of drug-likeness (QED) is 0.653. The van der Waals surface area contributed by atoms with Crippen LogP contribution in [-0.4, -0.2) is 56.4 Å². The average molecular weight is 427 g/mol. The average Bonchev–Trinajstić information content (AvgIpc) is 3.28. The van der Waals surface area contributed by atoms with Gasteiger partial charge >= 0.3 is 12.0 Å². The molecule has 9 heteroatoms. The minimum Gasteiger partial charge on any atom is -0.486 e. The van der Waals surface area contributed by atoms with Crippen molar-refractivity contribution in [2.45, 2.75) is 19.1 Å². The summed E-state index contributed by atoms with van der Waals surface area (Å²) in [6.07, 6.45) is 1.31. The van der Waals surface area contributed by atoms with E-state index in [0.717, 1.165) is 5.75 Å². The fraction of sp³-hybridized carbons (Fsp3) is 0.364. The SMILES string of the molecule is CCOC(=O)C1=C(CN(C)C[C@H]2COc3ccccc3O2)NC(=O)N[C@H]1c1ccco1. The van der Waals surface area contributed by atoms with Gasteiger partial charge in [-0.1, -0.05) is 12.1 Å². The molecule has 0 aliphatic carbocycles. The standard InChI is InChI=1S/C22H25N3O6/c1-3-28-21(26)19-15(23-22(27)24-20(19)18-9-6-10-29-18)12-25(2)11-14-13-30-16-7-4-5-8-17(16)31-14/h4-10,14,20H,3,11-13H2,1-2H3,(H2,23,24,27)/t14-,20-/m0/s1. The molecule has 0 bridgehead atoms. The summed E-state index contributed by atoms with van der Waals surface area (Å²) in [7, 11) is 1.88. The largest absolute Gasteiger partial charge is 0.486 e. The predicted octanol–water partition coefficient (Wildman–Crippen LogP) is 2.22. The second-order valence-corrected chi connectivity index (χ2v) is 7.35. The smallest absolute Gasteiger partial charge is 0.338 e. The fourth-order valence-electron chi connectivity index (χ4n) is 3.70. The molecule has 3 heterocycles. The maximum absolute atomic E-state index is 12.8. The highest BCUT2D eigenvalue weighted by atomic mass is 16.6. The lowest BCUT2D eigenvalue weighted by atomic mass is 10.00. The molecule has 0 fully saturated rings. The van der Waals surface area contributed by atoms with Gasteiger partial charge in [-0.25, -0.2) is 9.59 Å². The number of hydrogen-bond donors (Lipinski definition) is 2. The van der Waals surface area contributed by atoms with Crippen LogP contribution in [0.25, 0.3) is 0 Å². The number of carbonyl (C=O) groups excluding carboxylic acids is 2. The van der Waals surface area contributed by atoms with Crippen LogP contribution in [0.4, 0.5) is 4.79 Å². The molecular formula is C22H25N3O6. The number of para-hydroxylation sites is 2. The number of amides is 2. The lowest BCUT2D eigenvalue weighted by molar-refractivity contribution is -0.139. The number of esters is 1. The Balaban J connectivity index is 1.52. The van der Waals surface area contributed by atoms with Gasteiger partial charge in [-0.05, 0) is 38.2 Å². The zero-order valence-corrected chi connectivity index (χ0v) is 17.4. The number of benzene rings is 1. The first-order valence-corrected chi connectivity index (χ1v) is 10.1. The van der Waals surface area contributed by atoms with E-state index >= 15 is 0 Å². The van der Waals surface area contributed by atoms with E-state index in [0.29, 0.717) is 42.5 Å². The van der Waals surface area contributed by atoms with Gasteiger partial charge in [0.25, 0.3) is 0 Å². The molecule has 4 rings (SSSR count). The monoisotopic (exact) mass is 427 g/mol. The molecule has 2 aliphatic rings. The Morgan fingerprint density at radius 1 is 1.23 bits per heavy atom. The Bertz CT molecular complexity index is 971. The van der Waals surface area contributed by atoms with Crippen molar-refractivity contribution in [3.8, 4) is 11.5 Å². The molecule has 31 heavy (non-hydrogen) atoms. The highest BCUT2D eigenvalue weighted by molar-refractivity contribution is 5.95. The molecule has 2 amide bonds. The number of fused-ring (bicyclic) bond motifs is 1. The normalized spacial score (nSPS) is 20.3. The van der Waals surface area contributed by atoms with Crippen molar-refractivity contribution in [2.75, 3.05) is 33.4 Å². The Morgan fingerprint density at radius 2 is 2.03 bits per heavy atom. The summed E-state index contributed by atoms with van der Waals surface area (Å²) in [5.74, 6) is 1.37. The maximum Gasteiger partial charge on any atom is 0.338 e. The van der Waals surface area contributed by atoms with E-state index in [9.17, 15) is 9.59 Å². The van der Waals surface area contributed by atoms with Crippen LogP contribution < -0.4 is 20.1 Å². The van der Waals surface area contributed by atoms with Crippen molar-refractivity contribution < 1.29 is 28.2 Å². The van der Waals surface area contributed by atoms with Gasteiger partial charge in [0.1, 0.15) is 24.5 Å². The molecule has 0 unspecified atom stereocenters. The Hall–Kier alpha value is -3.46. The van der Waals surface area contributed by atoms with Crippen molar-refractivity contribution in [2.24, 2.45) is 0 Å². The summed E-state index contributed by atoms with van der Waals surface area (Å²) in [4.78, 5) is 27.0. The lowest BCUT2D eigenvalue weighted by Crippen LogP contribution is -2.49. The van der Waals surface area contributed by atoms with Crippen LogP contribution in [0, 0.1) is 0 Å². The van der Waals surface area contributed by atoms with Gasteiger partial charge in [-0.2, -0.15) is 0 Å². The van der Waals surface area contributed by atoms with Gasteiger partial charge in [-0.15, -0.1) is 0 Å². The number of carbonyl (C=O) groups is 2. The summed E-state index contributed by atoms with van der Waals surface area (Å²) < 4.78 is 22.5. The minimum absolute atomic E-state index is 0.190. The highest BCUT2D eigenvalue weighted by Gasteiger charge is 2.36. The summed E-state index contributed by atoms with van der Waals surface area (Å²) in [6.45, 7) is 3.20. The molecule has 2 atom stereocenters. The van der Waals surface area contributed by atoms with E-state index in [1.54, 1.807) is 19.1 Å². The Morgan fingerprint density at radius 3 is 2.77 bits per heavy atom. The van der Waals surface area contributed by atoms with Gasteiger partial charge in [0.15, 0.2) is 11.5 Å². The molecule has 1 aromatic carbocycles. The van der Waals surface area contributed by atoms with E-state index in [4.69, 9.17) is 18.6 Å². The van der Waals surface area contributed by atoms with Crippen LogP contribution in [0.2, 0.25) is 0 Å². The van der Waals surface area contributed by atoms with E-state index in [-0.39, 0.29) is 12.7 Å². The maximum atomic E-state index is 12.8. The molecular weight excluding hydrogens is 402 g/mol. The first-order chi connectivity index (χ1) is 15.0. The number of hydrogen-bond acceptors (Lipinski definition) is 7. The molecule has 1 aromatic heterocycles. The molecule has 2 N–H and O–H groups in total. The third-order valence-corrected chi connectivity index (χ3v) is 4.99. The lowest BCUT2D eigenvalue weighted by Gasteiger charge is -2.32. The van der Waals surface area contributed by atoms with Crippen LogP contribution in [0.15, 0.2) is 58.3 Å². The van der Waals surface area contributed by atoms with Gasteiger partial charge in [-0.3, -0.25) is 4.90 Å². The Kier molecular flexibility index (Phi) is 6.13. The summed E-state index contributed by atoms with van der Waals surface area (Å²) in [6, 6.07) is 9.79. The van der Waals surface area contributed by atoms with Crippen LogP contribution >= 0.6 is 0 Å². The van der Waals surface area contributed by atoms with Crippen LogP contribution in [0.3, 0.4) is 0 Å². The first-order valence-electron chi connectivity index (χ1n) is 10.1. The van der Waals surface area contributed by atoms with E-state index in [1.165, 1.54) is 6.26 Å². The van der Waals surface area contributed by atoms with Crippen LogP contribution in [0.5, 0.6) is 11.5 Å².